The minimum atomic E-state index is -0.0483. The van der Waals surface area contributed by atoms with E-state index in [0.29, 0.717) is 10.3 Å². The lowest BCUT2D eigenvalue weighted by atomic mass is 9.99. The molecule has 1 saturated carbocycles. The Morgan fingerprint density at radius 1 is 1.09 bits per heavy atom. The van der Waals surface area contributed by atoms with Crippen molar-refractivity contribution in [2.24, 2.45) is 0 Å². The van der Waals surface area contributed by atoms with Crippen LogP contribution in [0.5, 0.6) is 0 Å². The van der Waals surface area contributed by atoms with E-state index in [1.54, 1.807) is 0 Å². The molecule has 0 saturated heterocycles. The fourth-order valence-corrected chi connectivity index (χ4v) is 4.85. The van der Waals surface area contributed by atoms with Crippen LogP contribution < -0.4 is 5.32 Å². The van der Waals surface area contributed by atoms with Crippen LogP contribution in [0.2, 0.25) is 0 Å². The molecule has 2 heterocycles. The second-order valence-electron chi connectivity index (χ2n) is 8.48. The molecule has 1 aliphatic rings. The van der Waals surface area contributed by atoms with Crippen LogP contribution in [-0.2, 0) is 6.42 Å². The Morgan fingerprint density at radius 3 is 2.69 bits per heavy atom. The van der Waals surface area contributed by atoms with E-state index in [0.717, 1.165) is 42.7 Å². The summed E-state index contributed by atoms with van der Waals surface area (Å²) in [6.07, 6.45) is 3.78. The summed E-state index contributed by atoms with van der Waals surface area (Å²) in [7, 11) is 0. The van der Waals surface area contributed by atoms with Gasteiger partial charge >= 0.3 is 0 Å². The summed E-state index contributed by atoms with van der Waals surface area (Å²) >= 11 is 5.07. The van der Waals surface area contributed by atoms with Crippen LogP contribution in [0.3, 0.4) is 0 Å². The van der Waals surface area contributed by atoms with E-state index in [-0.39, 0.29) is 17.9 Å². The molecule has 1 aliphatic carbocycles. The van der Waals surface area contributed by atoms with E-state index < -0.39 is 0 Å². The number of amides is 1. The summed E-state index contributed by atoms with van der Waals surface area (Å²) in [5.41, 5.74) is 5.11. The lowest BCUT2D eigenvalue weighted by molar-refractivity contribution is 0.0934. The number of para-hydroxylation sites is 1. The van der Waals surface area contributed by atoms with Crippen molar-refractivity contribution in [1.82, 2.24) is 25.5 Å². The lowest BCUT2D eigenvalue weighted by Gasteiger charge is -2.19. The van der Waals surface area contributed by atoms with Crippen molar-refractivity contribution in [2.45, 2.75) is 44.6 Å². The number of carbonyl (C=O) groups excluding carboxylic acids is 1. The molecule has 0 bridgehead atoms. The fraction of sp³-hybridized carbons (Fsp3) is 0.280. The highest BCUT2D eigenvalue weighted by Crippen LogP contribution is 2.32. The number of hydrogen-bond donors (Lipinski definition) is 3. The number of nitrogens with one attached hydrogen (secondary N) is 3. The van der Waals surface area contributed by atoms with Crippen molar-refractivity contribution in [3.05, 3.63) is 87.6 Å². The Balaban J connectivity index is 1.30. The summed E-state index contributed by atoms with van der Waals surface area (Å²) in [5.74, 6) is 0.940. The van der Waals surface area contributed by atoms with Crippen LogP contribution in [0.1, 0.15) is 58.2 Å². The van der Waals surface area contributed by atoms with E-state index in [4.69, 9.17) is 12.2 Å². The molecule has 5 rings (SSSR count). The van der Waals surface area contributed by atoms with Crippen molar-refractivity contribution in [3.63, 3.8) is 0 Å². The maximum absolute atomic E-state index is 12.9. The van der Waals surface area contributed by atoms with Gasteiger partial charge in [0.2, 0.25) is 4.77 Å². The molecule has 3 N–H and O–H groups in total. The lowest BCUT2D eigenvalue weighted by Crippen LogP contribution is -2.36. The van der Waals surface area contributed by atoms with Crippen molar-refractivity contribution < 1.29 is 4.79 Å². The quantitative estimate of drug-likeness (QED) is 0.380. The number of nitrogens with zero attached hydrogens (tertiary/aromatic N) is 2. The minimum Gasteiger partial charge on any atom is -0.349 e. The van der Waals surface area contributed by atoms with E-state index in [1.807, 2.05) is 49.4 Å². The summed E-state index contributed by atoms with van der Waals surface area (Å²) in [4.78, 5) is 21.9. The van der Waals surface area contributed by atoms with Crippen LogP contribution in [-0.4, -0.2) is 32.1 Å². The predicted molar refractivity (Wildman–Crippen MR) is 127 cm³/mol. The molecule has 0 aliphatic heterocycles. The highest BCUT2D eigenvalue weighted by Gasteiger charge is 2.32. The molecule has 1 fully saturated rings. The second kappa shape index (κ2) is 8.67. The smallest absolute Gasteiger partial charge is 0.251 e. The Kier molecular flexibility index (Phi) is 5.57. The van der Waals surface area contributed by atoms with Gasteiger partial charge in [0.1, 0.15) is 5.82 Å². The van der Waals surface area contributed by atoms with E-state index in [9.17, 15) is 4.79 Å². The molecule has 0 spiro atoms. The molecule has 0 radical (unpaired) electrons. The van der Waals surface area contributed by atoms with Gasteiger partial charge in [-0.15, -0.1) is 0 Å². The summed E-state index contributed by atoms with van der Waals surface area (Å²) in [6, 6.07) is 18.3. The number of hydrogen-bond acceptors (Lipinski definition) is 4. The molecule has 2 atom stereocenters. The van der Waals surface area contributed by atoms with Crippen molar-refractivity contribution >= 4 is 29.0 Å². The molecule has 2 aromatic heterocycles. The standard InChI is InChI=1S/C25H25N5OS/c1-15-13-18(19-5-2-3-7-21(19)26-15)14-16-9-11-17(12-10-16)24(31)27-22-8-4-6-20(22)23-28-25(32)30-29-23/h2-3,5,7,9-13,20,22H,4,6,8,14H2,1H3,(H,27,31)(H2,28,29,30,32). The topological polar surface area (TPSA) is 86.5 Å². The van der Waals surface area contributed by atoms with Crippen LogP contribution in [0.25, 0.3) is 10.9 Å². The van der Waals surface area contributed by atoms with Crippen LogP contribution in [0.15, 0.2) is 54.6 Å². The third-order valence-electron chi connectivity index (χ3n) is 6.24. The van der Waals surface area contributed by atoms with Gasteiger partial charge in [0.25, 0.3) is 5.91 Å². The Hall–Kier alpha value is -3.32. The SMILES string of the molecule is Cc1cc(Cc2ccc(C(=O)NC3CCCC3c3nc(=S)[nH][nH]3)cc2)c2ccccc2n1. The number of aromatic amines is 2. The highest BCUT2D eigenvalue weighted by atomic mass is 32.1. The zero-order valence-corrected chi connectivity index (χ0v) is 18.7. The Labute approximate surface area is 191 Å². The largest absolute Gasteiger partial charge is 0.349 e. The normalized spacial score (nSPS) is 18.2. The van der Waals surface area contributed by atoms with E-state index in [1.165, 1.54) is 16.5 Å². The van der Waals surface area contributed by atoms with Gasteiger partial charge in [-0.1, -0.05) is 36.8 Å². The van der Waals surface area contributed by atoms with Crippen molar-refractivity contribution in [3.8, 4) is 0 Å². The van der Waals surface area contributed by atoms with Gasteiger partial charge in [-0.05, 0) is 73.8 Å². The third kappa shape index (κ3) is 4.21. The maximum atomic E-state index is 12.9. The van der Waals surface area contributed by atoms with E-state index in [2.05, 4.69) is 37.6 Å². The molecule has 4 aromatic rings. The zero-order chi connectivity index (χ0) is 22.1. The first-order valence-corrected chi connectivity index (χ1v) is 11.4. The molecule has 6 nitrogen and oxygen atoms in total. The number of benzene rings is 2. The molecular formula is C25H25N5OS. The molecule has 2 unspecified atom stereocenters. The average molecular weight is 444 g/mol. The predicted octanol–water partition coefficient (Wildman–Crippen LogP) is 4.98. The van der Waals surface area contributed by atoms with Gasteiger partial charge < -0.3 is 5.32 Å². The molecule has 162 valence electrons. The average Bonchev–Trinajstić information content (AvgIpc) is 3.42. The molecule has 2 aromatic carbocycles. The van der Waals surface area contributed by atoms with Crippen LogP contribution >= 0.6 is 12.2 Å². The first-order valence-electron chi connectivity index (χ1n) is 11.0. The number of pyridine rings is 1. The molecule has 1 amide bonds. The first kappa shape index (κ1) is 20.6. The first-order chi connectivity index (χ1) is 15.6. The Bertz CT molecular complexity index is 1320. The van der Waals surface area contributed by atoms with Crippen molar-refractivity contribution in [2.75, 3.05) is 0 Å². The fourth-order valence-electron chi connectivity index (χ4n) is 4.71. The summed E-state index contributed by atoms with van der Waals surface area (Å²) < 4.78 is 0.449. The number of carbonyl (C=O) groups is 1. The number of aryl methyl sites for hydroxylation is 1. The monoisotopic (exact) mass is 443 g/mol. The van der Waals surface area contributed by atoms with Gasteiger partial charge in [0.15, 0.2) is 0 Å². The van der Waals surface area contributed by atoms with E-state index >= 15 is 0 Å². The Morgan fingerprint density at radius 2 is 1.91 bits per heavy atom. The van der Waals surface area contributed by atoms with Gasteiger partial charge in [-0.3, -0.25) is 20.0 Å². The number of aromatic nitrogens is 4. The van der Waals surface area contributed by atoms with Crippen LogP contribution in [0.4, 0.5) is 0 Å². The third-order valence-corrected chi connectivity index (χ3v) is 6.44. The highest BCUT2D eigenvalue weighted by molar-refractivity contribution is 7.71. The molecule has 32 heavy (non-hydrogen) atoms. The van der Waals surface area contributed by atoms with Crippen LogP contribution in [0, 0.1) is 11.7 Å². The number of rotatable bonds is 5. The van der Waals surface area contributed by atoms with Gasteiger partial charge in [-0.2, -0.15) is 0 Å². The summed E-state index contributed by atoms with van der Waals surface area (Å²) in [6.45, 7) is 2.02. The molecular weight excluding hydrogens is 418 g/mol. The van der Waals surface area contributed by atoms with Gasteiger partial charge in [0.05, 0.1) is 5.52 Å². The zero-order valence-electron chi connectivity index (χ0n) is 17.9. The second-order valence-corrected chi connectivity index (χ2v) is 8.87. The van der Waals surface area contributed by atoms with Gasteiger partial charge in [-0.25, -0.2) is 4.98 Å². The maximum Gasteiger partial charge on any atom is 0.251 e. The number of fused-ring (bicyclic) bond motifs is 1. The number of H-pyrrole nitrogens is 2. The van der Waals surface area contributed by atoms with Gasteiger partial charge in [0, 0.05) is 28.6 Å². The summed E-state index contributed by atoms with van der Waals surface area (Å²) in [5, 5.41) is 10.3. The minimum absolute atomic E-state index is 0.0483. The molecule has 7 heteroatoms. The van der Waals surface area contributed by atoms with Crippen molar-refractivity contribution in [1.29, 1.82) is 0 Å².